The van der Waals surface area contributed by atoms with E-state index >= 15 is 0 Å². The summed E-state index contributed by atoms with van der Waals surface area (Å²) in [5.74, 6) is 1.38. The van der Waals surface area contributed by atoms with Gasteiger partial charge in [0, 0.05) is 23.9 Å². The van der Waals surface area contributed by atoms with Gasteiger partial charge in [-0.05, 0) is 24.3 Å². The summed E-state index contributed by atoms with van der Waals surface area (Å²) in [5, 5.41) is 14.5. The van der Waals surface area contributed by atoms with Crippen molar-refractivity contribution in [1.29, 1.82) is 0 Å². The number of thiophene rings is 1. The Morgan fingerprint density at radius 1 is 1.46 bits per heavy atom. The first kappa shape index (κ1) is 17.2. The first-order valence-electron chi connectivity index (χ1n) is 8.24. The van der Waals surface area contributed by atoms with Crippen LogP contribution in [0.2, 0.25) is 0 Å². The Morgan fingerprint density at radius 2 is 2.29 bits per heavy atom. The lowest BCUT2D eigenvalue weighted by Crippen LogP contribution is -2.33. The predicted molar refractivity (Wildman–Crippen MR) is 98.5 cm³/mol. The zero-order valence-corrected chi connectivity index (χ0v) is 15.2. The van der Waals surface area contributed by atoms with Crippen LogP contribution in [0.15, 0.2) is 35.3 Å². The summed E-state index contributed by atoms with van der Waals surface area (Å²) in [6.07, 6.45) is 7.25. The van der Waals surface area contributed by atoms with Crippen LogP contribution < -0.4 is 5.32 Å². The summed E-state index contributed by atoms with van der Waals surface area (Å²) in [7, 11) is 0. The molecule has 0 bridgehead atoms. The fourth-order valence-electron chi connectivity index (χ4n) is 2.91. The molecule has 128 valence electrons. The van der Waals surface area contributed by atoms with Crippen molar-refractivity contribution in [3.63, 3.8) is 0 Å². The van der Waals surface area contributed by atoms with Gasteiger partial charge in [-0.15, -0.1) is 28.1 Å². The highest BCUT2D eigenvalue weighted by Gasteiger charge is 2.18. The second-order valence-electron chi connectivity index (χ2n) is 5.89. The second kappa shape index (κ2) is 8.48. The minimum Gasteiger partial charge on any atom is -0.353 e. The van der Waals surface area contributed by atoms with Crippen LogP contribution in [0.5, 0.6) is 0 Å². The Morgan fingerprint density at radius 3 is 3.00 bits per heavy atom. The predicted octanol–water partition coefficient (Wildman–Crippen LogP) is 3.27. The molecule has 0 saturated heterocycles. The quantitative estimate of drug-likeness (QED) is 0.578. The van der Waals surface area contributed by atoms with E-state index in [4.69, 9.17) is 0 Å². The summed E-state index contributed by atoms with van der Waals surface area (Å²) in [6.45, 7) is 4.47. The van der Waals surface area contributed by atoms with E-state index in [1.807, 2.05) is 16.7 Å². The van der Waals surface area contributed by atoms with Gasteiger partial charge in [0.15, 0.2) is 5.16 Å². The van der Waals surface area contributed by atoms with E-state index in [9.17, 15) is 4.79 Å². The third-order valence-corrected chi connectivity index (χ3v) is 5.91. The maximum Gasteiger partial charge on any atom is 0.230 e. The van der Waals surface area contributed by atoms with Gasteiger partial charge in [0.2, 0.25) is 5.91 Å². The van der Waals surface area contributed by atoms with E-state index in [2.05, 4.69) is 33.5 Å². The third kappa shape index (κ3) is 4.48. The van der Waals surface area contributed by atoms with Crippen LogP contribution in [0, 0.1) is 0 Å². The van der Waals surface area contributed by atoms with E-state index < -0.39 is 0 Å². The number of nitrogens with zero attached hydrogens (tertiary/aromatic N) is 3. The smallest absolute Gasteiger partial charge is 0.230 e. The Bertz CT molecular complexity index is 675. The number of hydrogen-bond donors (Lipinski definition) is 1. The lowest BCUT2D eigenvalue weighted by Gasteiger charge is -2.11. The fourth-order valence-corrected chi connectivity index (χ4v) is 4.39. The normalized spacial score (nSPS) is 14.8. The summed E-state index contributed by atoms with van der Waals surface area (Å²) >= 11 is 3.16. The van der Waals surface area contributed by atoms with Crippen molar-refractivity contribution in [2.75, 3.05) is 5.75 Å². The van der Waals surface area contributed by atoms with Crippen molar-refractivity contribution in [3.8, 4) is 0 Å². The highest BCUT2D eigenvalue weighted by atomic mass is 32.2. The molecule has 2 aromatic heterocycles. The molecule has 5 nitrogen and oxygen atoms in total. The molecule has 0 unspecified atom stereocenters. The molecule has 0 aliphatic heterocycles. The average Bonchev–Trinajstić information content (AvgIpc) is 3.30. The molecule has 1 N–H and O–H groups in total. The molecule has 0 spiro atoms. The highest BCUT2D eigenvalue weighted by molar-refractivity contribution is 7.99. The van der Waals surface area contributed by atoms with Crippen molar-refractivity contribution in [2.24, 2.45) is 0 Å². The number of hydrogen-bond acceptors (Lipinski definition) is 5. The average molecular weight is 363 g/mol. The van der Waals surface area contributed by atoms with Gasteiger partial charge in [-0.3, -0.25) is 4.79 Å². The van der Waals surface area contributed by atoms with Gasteiger partial charge >= 0.3 is 0 Å². The molecule has 1 amide bonds. The van der Waals surface area contributed by atoms with Crippen LogP contribution in [-0.2, 0) is 17.8 Å². The van der Waals surface area contributed by atoms with Crippen LogP contribution in [0.3, 0.4) is 0 Å². The summed E-state index contributed by atoms with van der Waals surface area (Å²) in [6, 6.07) is 4.50. The number of amides is 1. The van der Waals surface area contributed by atoms with Crippen molar-refractivity contribution in [2.45, 2.75) is 49.8 Å². The lowest BCUT2D eigenvalue weighted by molar-refractivity contribution is -0.119. The van der Waals surface area contributed by atoms with Gasteiger partial charge in [0.25, 0.3) is 0 Å². The number of nitrogens with one attached hydrogen (secondary N) is 1. The third-order valence-electron chi connectivity index (χ3n) is 4.07. The van der Waals surface area contributed by atoms with E-state index in [1.54, 1.807) is 11.3 Å². The molecule has 1 saturated carbocycles. The highest BCUT2D eigenvalue weighted by Crippen LogP contribution is 2.21. The summed E-state index contributed by atoms with van der Waals surface area (Å²) in [5.41, 5.74) is 0. The topological polar surface area (TPSA) is 59.8 Å². The Balaban J connectivity index is 1.60. The molecule has 2 aromatic rings. The zero-order chi connectivity index (χ0) is 16.8. The molecule has 1 fully saturated rings. The molecule has 2 heterocycles. The maximum atomic E-state index is 12.1. The minimum atomic E-state index is 0.0832. The van der Waals surface area contributed by atoms with Crippen molar-refractivity contribution in [1.82, 2.24) is 20.1 Å². The molecule has 0 radical (unpaired) electrons. The molecule has 3 rings (SSSR count). The van der Waals surface area contributed by atoms with E-state index in [0.29, 0.717) is 18.3 Å². The summed E-state index contributed by atoms with van der Waals surface area (Å²) in [4.78, 5) is 13.3. The molecule has 7 heteroatoms. The zero-order valence-electron chi connectivity index (χ0n) is 13.6. The van der Waals surface area contributed by atoms with Crippen molar-refractivity contribution in [3.05, 3.63) is 40.9 Å². The Hall–Kier alpha value is -1.60. The van der Waals surface area contributed by atoms with Crippen LogP contribution in [-0.4, -0.2) is 32.5 Å². The molecular formula is C17H22N4OS2. The lowest BCUT2D eigenvalue weighted by atomic mass is 10.2. The number of thioether (sulfide) groups is 1. The Labute approximate surface area is 150 Å². The van der Waals surface area contributed by atoms with Crippen LogP contribution in [0.25, 0.3) is 0 Å². The Kier molecular flexibility index (Phi) is 6.09. The van der Waals surface area contributed by atoms with Gasteiger partial charge in [-0.2, -0.15) is 0 Å². The molecule has 1 aliphatic carbocycles. The van der Waals surface area contributed by atoms with Gasteiger partial charge in [-0.1, -0.05) is 36.7 Å². The SMILES string of the molecule is C=CCn1c(Cc2cccs2)nnc1SCC(=O)NC1CCCC1. The van der Waals surface area contributed by atoms with Gasteiger partial charge in [0.05, 0.1) is 5.75 Å². The maximum absolute atomic E-state index is 12.1. The number of carbonyl (C=O) groups is 1. The standard InChI is InChI=1S/C17H22N4OS2/c1-2-9-21-15(11-14-8-5-10-23-14)19-20-17(21)24-12-16(22)18-13-6-3-4-7-13/h2,5,8,10,13H,1,3-4,6-7,9,11-12H2,(H,18,22). The number of rotatable bonds is 8. The second-order valence-corrected chi connectivity index (χ2v) is 7.87. The van der Waals surface area contributed by atoms with E-state index in [0.717, 1.165) is 30.2 Å². The fraction of sp³-hybridized carbons (Fsp3) is 0.471. The van der Waals surface area contributed by atoms with Crippen molar-refractivity contribution >= 4 is 29.0 Å². The van der Waals surface area contributed by atoms with Gasteiger partial charge in [-0.25, -0.2) is 0 Å². The summed E-state index contributed by atoms with van der Waals surface area (Å²) < 4.78 is 2.04. The number of carbonyl (C=O) groups excluding carboxylic acids is 1. The monoisotopic (exact) mass is 362 g/mol. The van der Waals surface area contributed by atoms with Crippen LogP contribution in [0.1, 0.15) is 36.4 Å². The van der Waals surface area contributed by atoms with E-state index in [-0.39, 0.29) is 5.91 Å². The van der Waals surface area contributed by atoms with Gasteiger partial charge in [0.1, 0.15) is 5.82 Å². The van der Waals surface area contributed by atoms with Gasteiger partial charge < -0.3 is 9.88 Å². The van der Waals surface area contributed by atoms with Crippen molar-refractivity contribution < 1.29 is 4.79 Å². The van der Waals surface area contributed by atoms with Crippen LogP contribution in [0.4, 0.5) is 0 Å². The molecule has 0 aromatic carbocycles. The first-order valence-corrected chi connectivity index (χ1v) is 10.1. The molecule has 0 atom stereocenters. The van der Waals surface area contributed by atoms with E-state index in [1.165, 1.54) is 29.5 Å². The molecule has 24 heavy (non-hydrogen) atoms. The van der Waals surface area contributed by atoms with Crippen LogP contribution >= 0.6 is 23.1 Å². The number of aromatic nitrogens is 3. The molecule has 1 aliphatic rings. The largest absolute Gasteiger partial charge is 0.353 e. The number of allylic oxidation sites excluding steroid dienone is 1. The molecular weight excluding hydrogens is 340 g/mol. The first-order chi connectivity index (χ1) is 11.8. The minimum absolute atomic E-state index is 0.0832.